The smallest absolute Gasteiger partial charge is 0.127 e. The molecule has 0 saturated carbocycles. The summed E-state index contributed by atoms with van der Waals surface area (Å²) in [5.74, 6) is -0.0699. The van der Waals surface area contributed by atoms with Crippen molar-refractivity contribution in [3.63, 3.8) is 0 Å². The second-order valence-corrected chi connectivity index (χ2v) is 4.03. The largest absolute Gasteiger partial charge is 0.303 e. The summed E-state index contributed by atoms with van der Waals surface area (Å²) in [6, 6.07) is 7.53. The van der Waals surface area contributed by atoms with Crippen molar-refractivity contribution < 1.29 is 4.79 Å². The second kappa shape index (κ2) is 5.18. The van der Waals surface area contributed by atoms with Crippen molar-refractivity contribution in [1.82, 2.24) is 0 Å². The molecule has 1 nitrogen and oxygen atoms in total. The van der Waals surface area contributed by atoms with Gasteiger partial charge in [0.2, 0.25) is 0 Å². The number of carbonyl (C=O) groups is 1. The molecule has 0 aromatic heterocycles. The lowest BCUT2D eigenvalue weighted by Crippen LogP contribution is -1.93. The molecule has 0 aliphatic heterocycles. The summed E-state index contributed by atoms with van der Waals surface area (Å²) in [7, 11) is 0. The van der Waals surface area contributed by atoms with Gasteiger partial charge >= 0.3 is 0 Å². The summed E-state index contributed by atoms with van der Waals surface area (Å²) < 4.78 is 0.223. The maximum absolute atomic E-state index is 10.5. The van der Waals surface area contributed by atoms with Gasteiger partial charge in [-0.3, -0.25) is 0 Å². The molecule has 0 saturated heterocycles. The molecule has 1 atom stereocenters. The van der Waals surface area contributed by atoms with Gasteiger partial charge in [0, 0.05) is 5.92 Å². The highest BCUT2D eigenvalue weighted by molar-refractivity contribution is 6.57. The van der Waals surface area contributed by atoms with Crippen LogP contribution in [0.3, 0.4) is 0 Å². The lowest BCUT2D eigenvalue weighted by Gasteiger charge is -2.03. The second-order valence-electron chi connectivity index (χ2n) is 3.03. The predicted octanol–water partition coefficient (Wildman–Crippen LogP) is 3.77. The zero-order valence-electron chi connectivity index (χ0n) is 7.71. The van der Waals surface area contributed by atoms with E-state index in [0.29, 0.717) is 0 Å². The van der Waals surface area contributed by atoms with Crippen molar-refractivity contribution in [3.8, 4) is 0 Å². The number of benzene rings is 1. The summed E-state index contributed by atoms with van der Waals surface area (Å²) >= 11 is 11.0. The maximum Gasteiger partial charge on any atom is 0.127 e. The first-order valence-electron chi connectivity index (χ1n) is 4.21. The Bertz CT molecular complexity index is 337. The van der Waals surface area contributed by atoms with Gasteiger partial charge < -0.3 is 4.79 Å². The predicted molar refractivity (Wildman–Crippen MR) is 60.6 cm³/mol. The van der Waals surface area contributed by atoms with E-state index in [2.05, 4.69) is 0 Å². The highest BCUT2D eigenvalue weighted by atomic mass is 35.5. The molecule has 1 aromatic carbocycles. The van der Waals surface area contributed by atoms with E-state index < -0.39 is 0 Å². The van der Waals surface area contributed by atoms with E-state index in [-0.39, 0.29) is 10.4 Å². The Morgan fingerprint density at radius 3 is 2.29 bits per heavy atom. The molecule has 14 heavy (non-hydrogen) atoms. The number of carbonyl (C=O) groups excluding carboxylic acids is 1. The van der Waals surface area contributed by atoms with Crippen LogP contribution in [0.2, 0.25) is 0 Å². The molecule has 0 N–H and O–H groups in total. The van der Waals surface area contributed by atoms with Gasteiger partial charge in [0.25, 0.3) is 0 Å². The molecule has 0 spiro atoms. The Labute approximate surface area is 93.3 Å². The van der Waals surface area contributed by atoms with Crippen LogP contribution in [0.1, 0.15) is 24.0 Å². The van der Waals surface area contributed by atoms with E-state index in [0.717, 1.165) is 17.4 Å². The van der Waals surface area contributed by atoms with Crippen LogP contribution in [0.5, 0.6) is 0 Å². The fourth-order valence-corrected chi connectivity index (χ4v) is 1.35. The molecule has 0 radical (unpaired) electrons. The van der Waals surface area contributed by atoms with Crippen LogP contribution in [0, 0.1) is 0 Å². The van der Waals surface area contributed by atoms with Gasteiger partial charge in [-0.1, -0.05) is 54.4 Å². The molecule has 0 amide bonds. The van der Waals surface area contributed by atoms with Gasteiger partial charge in [-0.15, -0.1) is 0 Å². The summed E-state index contributed by atoms with van der Waals surface area (Å²) in [5.41, 5.74) is 1.91. The first-order chi connectivity index (χ1) is 6.63. The Kier molecular flexibility index (Phi) is 4.18. The van der Waals surface area contributed by atoms with Gasteiger partial charge in [-0.05, 0) is 17.2 Å². The maximum atomic E-state index is 10.5. The molecular weight excluding hydrogens is 219 g/mol. The zero-order chi connectivity index (χ0) is 10.6. The minimum Gasteiger partial charge on any atom is -0.303 e. The highest BCUT2D eigenvalue weighted by Crippen LogP contribution is 2.17. The van der Waals surface area contributed by atoms with Gasteiger partial charge in [-0.25, -0.2) is 0 Å². The Hall–Kier alpha value is -0.790. The van der Waals surface area contributed by atoms with Gasteiger partial charge in [-0.2, -0.15) is 0 Å². The van der Waals surface area contributed by atoms with Crippen LogP contribution in [0.15, 0.2) is 28.8 Å². The van der Waals surface area contributed by atoms with E-state index >= 15 is 0 Å². The fraction of sp³-hybridized carbons (Fsp3) is 0.182. The van der Waals surface area contributed by atoms with E-state index in [1.165, 1.54) is 0 Å². The molecular formula is C11H10Cl2O. The first-order valence-corrected chi connectivity index (χ1v) is 4.97. The highest BCUT2D eigenvalue weighted by Gasteiger charge is 2.02. The molecule has 0 aliphatic rings. The number of rotatable bonds is 3. The molecule has 3 heteroatoms. The lowest BCUT2D eigenvalue weighted by molar-refractivity contribution is -0.108. The molecule has 1 aromatic rings. The summed E-state index contributed by atoms with van der Waals surface area (Å²) in [4.78, 5) is 10.5. The number of aldehydes is 1. The van der Waals surface area contributed by atoms with Crippen LogP contribution in [0.25, 0.3) is 6.08 Å². The molecule has 1 rings (SSSR count). The summed E-state index contributed by atoms with van der Waals surface area (Å²) in [5, 5.41) is 0. The molecule has 0 aliphatic carbocycles. The van der Waals surface area contributed by atoms with Crippen LogP contribution in [-0.4, -0.2) is 6.29 Å². The number of hydrogen-bond acceptors (Lipinski definition) is 1. The molecule has 74 valence electrons. The van der Waals surface area contributed by atoms with Crippen molar-refractivity contribution in [2.24, 2.45) is 0 Å². The van der Waals surface area contributed by atoms with Gasteiger partial charge in [0.05, 0.1) is 0 Å². The third-order valence-electron chi connectivity index (χ3n) is 1.94. The average Bonchev–Trinajstić information content (AvgIpc) is 2.17. The van der Waals surface area contributed by atoms with Gasteiger partial charge in [0.15, 0.2) is 0 Å². The topological polar surface area (TPSA) is 17.1 Å². The molecule has 0 heterocycles. The van der Waals surface area contributed by atoms with Crippen LogP contribution in [-0.2, 0) is 4.79 Å². The van der Waals surface area contributed by atoms with E-state index in [1.807, 2.05) is 31.2 Å². The Morgan fingerprint density at radius 2 is 1.86 bits per heavy atom. The average molecular weight is 229 g/mol. The van der Waals surface area contributed by atoms with Crippen molar-refractivity contribution in [1.29, 1.82) is 0 Å². The third-order valence-corrected chi connectivity index (χ3v) is 2.16. The SMILES string of the molecule is CC(C=O)c1ccc(C=C(Cl)Cl)cc1. The third kappa shape index (κ3) is 3.17. The summed E-state index contributed by atoms with van der Waals surface area (Å²) in [6.45, 7) is 1.85. The van der Waals surface area contributed by atoms with Crippen LogP contribution in [0.4, 0.5) is 0 Å². The van der Waals surface area contributed by atoms with E-state index in [1.54, 1.807) is 6.08 Å². The first kappa shape index (κ1) is 11.3. The minimum absolute atomic E-state index is 0.0699. The molecule has 0 bridgehead atoms. The monoisotopic (exact) mass is 228 g/mol. The van der Waals surface area contributed by atoms with Crippen molar-refractivity contribution in [2.75, 3.05) is 0 Å². The normalized spacial score (nSPS) is 11.9. The lowest BCUT2D eigenvalue weighted by atomic mass is 10.0. The minimum atomic E-state index is -0.0699. The van der Waals surface area contributed by atoms with E-state index in [4.69, 9.17) is 23.2 Å². The Morgan fingerprint density at radius 1 is 1.29 bits per heavy atom. The van der Waals surface area contributed by atoms with E-state index in [9.17, 15) is 4.79 Å². The quantitative estimate of drug-likeness (QED) is 0.721. The fourth-order valence-electron chi connectivity index (χ4n) is 1.10. The van der Waals surface area contributed by atoms with Crippen molar-refractivity contribution >= 4 is 35.6 Å². The molecule has 1 unspecified atom stereocenters. The number of hydrogen-bond donors (Lipinski definition) is 0. The van der Waals surface area contributed by atoms with Crippen LogP contribution >= 0.6 is 23.2 Å². The number of halogens is 2. The zero-order valence-corrected chi connectivity index (χ0v) is 9.22. The van der Waals surface area contributed by atoms with Gasteiger partial charge in [0.1, 0.15) is 10.8 Å². The summed E-state index contributed by atoms with van der Waals surface area (Å²) in [6.07, 6.45) is 2.57. The standard InChI is InChI=1S/C11H10Cl2O/c1-8(7-14)10-4-2-9(3-5-10)6-11(12)13/h2-8H,1H3. The van der Waals surface area contributed by atoms with Crippen molar-refractivity contribution in [3.05, 3.63) is 39.9 Å². The molecule has 0 fully saturated rings. The van der Waals surface area contributed by atoms with Crippen molar-refractivity contribution in [2.45, 2.75) is 12.8 Å². The Balaban J connectivity index is 2.89. The van der Waals surface area contributed by atoms with Crippen LogP contribution < -0.4 is 0 Å².